The molecule has 1 fully saturated rings. The quantitative estimate of drug-likeness (QED) is 0.661. The maximum absolute atomic E-state index is 4.94. The smallest absolute Gasteiger partial charge is 0.145 e. The summed E-state index contributed by atoms with van der Waals surface area (Å²) in [5.41, 5.74) is 1.18. The van der Waals surface area contributed by atoms with Gasteiger partial charge in [-0.2, -0.15) is 11.8 Å². The van der Waals surface area contributed by atoms with Crippen LogP contribution in [0.1, 0.15) is 56.8 Å². The predicted molar refractivity (Wildman–Crippen MR) is 105 cm³/mol. The molecule has 0 aromatic carbocycles. The second-order valence-electron chi connectivity index (χ2n) is 5.42. The summed E-state index contributed by atoms with van der Waals surface area (Å²) >= 11 is 6.49. The number of nitrogens with one attached hydrogen (secondary N) is 1. The number of hydrogen-bond acceptors (Lipinski definition) is 5. The molecule has 2 rings (SSSR count). The third-order valence-corrected chi connectivity index (χ3v) is 7.80. The maximum Gasteiger partial charge on any atom is 0.145 e. The minimum Gasteiger partial charge on any atom is -0.369 e. The molecule has 1 aliphatic rings. The Hall–Kier alpha value is 0.310. The van der Waals surface area contributed by atoms with E-state index in [9.17, 15) is 0 Å². The van der Waals surface area contributed by atoms with Crippen LogP contribution >= 0.6 is 46.1 Å². The lowest BCUT2D eigenvalue weighted by molar-refractivity contribution is 0.720. The van der Waals surface area contributed by atoms with Crippen molar-refractivity contribution in [3.05, 3.63) is 15.1 Å². The zero-order valence-corrected chi connectivity index (χ0v) is 16.9. The molecule has 0 saturated carbocycles. The lowest BCUT2D eigenvalue weighted by Crippen LogP contribution is -2.22. The van der Waals surface area contributed by atoms with Crippen LogP contribution in [0, 0.1) is 3.57 Å². The van der Waals surface area contributed by atoms with Gasteiger partial charge in [-0.05, 0) is 41.9 Å². The van der Waals surface area contributed by atoms with Crippen molar-refractivity contribution < 1.29 is 0 Å². The third-order valence-electron chi connectivity index (χ3n) is 3.49. The third kappa shape index (κ3) is 4.19. The van der Waals surface area contributed by atoms with Gasteiger partial charge in [0.25, 0.3) is 0 Å². The van der Waals surface area contributed by atoms with E-state index in [1.54, 1.807) is 0 Å². The van der Waals surface area contributed by atoms with Gasteiger partial charge in [-0.3, -0.25) is 0 Å². The molecule has 118 valence electrons. The number of thioether (sulfide) groups is 2. The molecule has 0 aliphatic carbocycles. The molecule has 1 aromatic heterocycles. The van der Waals surface area contributed by atoms with Crippen molar-refractivity contribution in [1.82, 2.24) is 9.97 Å². The summed E-state index contributed by atoms with van der Waals surface area (Å²) in [7, 11) is 0. The Morgan fingerprint density at radius 1 is 1.24 bits per heavy atom. The van der Waals surface area contributed by atoms with Crippen LogP contribution in [0.5, 0.6) is 0 Å². The number of aromatic nitrogens is 2. The Balaban J connectivity index is 2.42. The fraction of sp³-hybridized carbons (Fsp3) is 0.733. The molecule has 1 saturated heterocycles. The SMILES string of the molecule is CCNc1nc(C2SCCSC2CC)nc(C(C)C)c1I. The van der Waals surface area contributed by atoms with Crippen LogP contribution in [0.4, 0.5) is 5.82 Å². The molecule has 0 amide bonds. The minimum atomic E-state index is 0.428. The molecule has 1 N–H and O–H groups in total. The summed E-state index contributed by atoms with van der Waals surface area (Å²) in [5, 5.41) is 4.48. The second-order valence-corrected chi connectivity index (χ2v) is 9.10. The van der Waals surface area contributed by atoms with E-state index in [1.165, 1.54) is 27.2 Å². The van der Waals surface area contributed by atoms with Crippen LogP contribution in [0.25, 0.3) is 0 Å². The van der Waals surface area contributed by atoms with E-state index in [1.807, 2.05) is 11.8 Å². The highest BCUT2D eigenvalue weighted by Gasteiger charge is 2.30. The summed E-state index contributed by atoms with van der Waals surface area (Å²) in [6.45, 7) is 9.71. The maximum atomic E-state index is 4.94. The van der Waals surface area contributed by atoms with E-state index in [2.05, 4.69) is 67.4 Å². The van der Waals surface area contributed by atoms with Crippen molar-refractivity contribution >= 4 is 51.9 Å². The molecule has 2 atom stereocenters. The number of hydrogen-bond donors (Lipinski definition) is 1. The first-order chi connectivity index (χ1) is 10.1. The zero-order chi connectivity index (χ0) is 15.4. The largest absolute Gasteiger partial charge is 0.369 e. The average Bonchev–Trinajstić information content (AvgIpc) is 2.49. The van der Waals surface area contributed by atoms with Crippen LogP contribution in [-0.2, 0) is 0 Å². The number of anilines is 1. The molecule has 0 spiro atoms. The van der Waals surface area contributed by atoms with Crippen LogP contribution in [0.3, 0.4) is 0 Å². The summed E-state index contributed by atoms with van der Waals surface area (Å²) in [6.07, 6.45) is 1.19. The van der Waals surface area contributed by atoms with Gasteiger partial charge in [0.1, 0.15) is 11.6 Å². The van der Waals surface area contributed by atoms with E-state index in [0.29, 0.717) is 16.4 Å². The predicted octanol–water partition coefficient (Wildman–Crippen LogP) is 4.94. The average molecular weight is 437 g/mol. The van der Waals surface area contributed by atoms with E-state index in [-0.39, 0.29) is 0 Å². The van der Waals surface area contributed by atoms with E-state index >= 15 is 0 Å². The fourth-order valence-electron chi connectivity index (χ4n) is 2.42. The summed E-state index contributed by atoms with van der Waals surface area (Å²) in [6, 6.07) is 0. The number of nitrogens with zero attached hydrogens (tertiary/aromatic N) is 2. The monoisotopic (exact) mass is 437 g/mol. The van der Waals surface area contributed by atoms with Crippen molar-refractivity contribution in [2.45, 2.75) is 50.5 Å². The van der Waals surface area contributed by atoms with Gasteiger partial charge in [-0.25, -0.2) is 9.97 Å². The molecule has 0 bridgehead atoms. The van der Waals surface area contributed by atoms with Crippen molar-refractivity contribution in [3.8, 4) is 0 Å². The van der Waals surface area contributed by atoms with Gasteiger partial charge in [-0.1, -0.05) is 20.8 Å². The molecule has 1 aliphatic heterocycles. The Bertz CT molecular complexity index is 482. The molecular formula is C15H24IN3S2. The van der Waals surface area contributed by atoms with Crippen LogP contribution in [0.2, 0.25) is 0 Å². The van der Waals surface area contributed by atoms with Gasteiger partial charge in [0.15, 0.2) is 0 Å². The van der Waals surface area contributed by atoms with Crippen molar-refractivity contribution in [2.75, 3.05) is 23.4 Å². The summed E-state index contributed by atoms with van der Waals surface area (Å²) in [4.78, 5) is 9.81. The highest BCUT2D eigenvalue weighted by atomic mass is 127. The normalized spacial score (nSPS) is 22.6. The van der Waals surface area contributed by atoms with Crippen molar-refractivity contribution in [2.24, 2.45) is 0 Å². The number of halogens is 1. The molecule has 6 heteroatoms. The molecular weight excluding hydrogens is 413 g/mol. The van der Waals surface area contributed by atoms with Gasteiger partial charge < -0.3 is 5.32 Å². The van der Waals surface area contributed by atoms with Crippen LogP contribution in [-0.4, -0.2) is 33.3 Å². The highest BCUT2D eigenvalue weighted by Crippen LogP contribution is 2.43. The van der Waals surface area contributed by atoms with Gasteiger partial charge >= 0.3 is 0 Å². The van der Waals surface area contributed by atoms with Crippen LogP contribution < -0.4 is 5.32 Å². The van der Waals surface area contributed by atoms with Crippen molar-refractivity contribution in [1.29, 1.82) is 0 Å². The molecule has 2 unspecified atom stereocenters. The Labute approximate surface area is 150 Å². The Morgan fingerprint density at radius 3 is 2.57 bits per heavy atom. The first kappa shape index (κ1) is 17.7. The minimum absolute atomic E-state index is 0.428. The van der Waals surface area contributed by atoms with Crippen LogP contribution in [0.15, 0.2) is 0 Å². The van der Waals surface area contributed by atoms with Gasteiger partial charge in [0.05, 0.1) is 14.5 Å². The highest BCUT2D eigenvalue weighted by molar-refractivity contribution is 14.1. The molecule has 2 heterocycles. The fourth-order valence-corrected chi connectivity index (χ4v) is 6.47. The second kappa shape index (κ2) is 8.24. The molecule has 1 aromatic rings. The topological polar surface area (TPSA) is 37.8 Å². The zero-order valence-electron chi connectivity index (χ0n) is 13.1. The van der Waals surface area contributed by atoms with Gasteiger partial charge in [0, 0.05) is 23.3 Å². The van der Waals surface area contributed by atoms with E-state index < -0.39 is 0 Å². The molecule has 3 nitrogen and oxygen atoms in total. The number of rotatable bonds is 5. The lowest BCUT2D eigenvalue weighted by atomic mass is 10.1. The van der Waals surface area contributed by atoms with E-state index in [0.717, 1.165) is 18.2 Å². The summed E-state index contributed by atoms with van der Waals surface area (Å²) in [5.74, 6) is 4.92. The van der Waals surface area contributed by atoms with Gasteiger partial charge in [-0.15, -0.1) is 11.8 Å². The Kier molecular flexibility index (Phi) is 6.93. The van der Waals surface area contributed by atoms with E-state index in [4.69, 9.17) is 9.97 Å². The lowest BCUT2D eigenvalue weighted by Gasteiger charge is -2.29. The standard InChI is InChI=1S/C15H24IN3S2/c1-5-10-13(21-8-7-20-10)15-18-12(9(3)4)11(16)14(19-15)17-6-2/h9-10,13H,5-8H2,1-4H3,(H,17,18,19). The Morgan fingerprint density at radius 2 is 1.95 bits per heavy atom. The summed E-state index contributed by atoms with van der Waals surface area (Å²) < 4.78 is 1.18. The van der Waals surface area contributed by atoms with Gasteiger partial charge in [0.2, 0.25) is 0 Å². The first-order valence-corrected chi connectivity index (χ1v) is 10.8. The first-order valence-electron chi connectivity index (χ1n) is 7.62. The van der Waals surface area contributed by atoms with Crippen molar-refractivity contribution in [3.63, 3.8) is 0 Å². The molecule has 21 heavy (non-hydrogen) atoms. The molecule has 0 radical (unpaired) electrons.